The van der Waals surface area contributed by atoms with Crippen molar-refractivity contribution < 1.29 is 4.79 Å². The summed E-state index contributed by atoms with van der Waals surface area (Å²) in [4.78, 5) is 30.3. The number of hydrogen-bond donors (Lipinski definition) is 2. The molecule has 0 bridgehead atoms. The number of nitrogens with one attached hydrogen (secondary N) is 2. The summed E-state index contributed by atoms with van der Waals surface area (Å²) >= 11 is 0. The Balaban J connectivity index is 1.64. The van der Waals surface area contributed by atoms with Crippen molar-refractivity contribution in [3.05, 3.63) is 47.3 Å². The van der Waals surface area contributed by atoms with Crippen molar-refractivity contribution in [1.82, 2.24) is 24.8 Å². The molecule has 2 aromatic heterocycles. The average molecular weight is 323 g/mol. The van der Waals surface area contributed by atoms with Crippen LogP contribution >= 0.6 is 0 Å². The lowest BCUT2D eigenvalue weighted by Crippen LogP contribution is -2.41. The molecule has 24 heavy (non-hydrogen) atoms. The molecule has 4 rings (SSSR count). The predicted molar refractivity (Wildman–Crippen MR) is 91.9 cm³/mol. The summed E-state index contributed by atoms with van der Waals surface area (Å²) in [6, 6.07) is 5.84. The van der Waals surface area contributed by atoms with Gasteiger partial charge in [-0.1, -0.05) is 6.92 Å². The third-order valence-corrected chi connectivity index (χ3v) is 4.85. The van der Waals surface area contributed by atoms with E-state index >= 15 is 0 Å². The number of aromatic nitrogens is 4. The number of H-pyrrole nitrogens is 2. The van der Waals surface area contributed by atoms with Crippen molar-refractivity contribution >= 4 is 16.9 Å². The van der Waals surface area contributed by atoms with E-state index in [0.717, 1.165) is 41.8 Å². The average Bonchev–Trinajstić information content (AvgIpc) is 3.15. The second-order valence-corrected chi connectivity index (χ2v) is 6.40. The molecule has 6 heteroatoms. The van der Waals surface area contributed by atoms with Crippen LogP contribution < -0.4 is 0 Å². The predicted octanol–water partition coefficient (Wildman–Crippen LogP) is 2.61. The molecule has 3 heterocycles. The number of aromatic amines is 2. The molecule has 1 unspecified atom stereocenters. The van der Waals surface area contributed by atoms with Gasteiger partial charge in [0, 0.05) is 36.7 Å². The Morgan fingerprint density at radius 1 is 1.42 bits per heavy atom. The van der Waals surface area contributed by atoms with E-state index in [1.165, 1.54) is 5.69 Å². The van der Waals surface area contributed by atoms with Gasteiger partial charge >= 0.3 is 0 Å². The molecule has 1 aliphatic rings. The van der Waals surface area contributed by atoms with E-state index in [1.54, 1.807) is 6.33 Å². The Morgan fingerprint density at radius 3 is 3.12 bits per heavy atom. The summed E-state index contributed by atoms with van der Waals surface area (Å²) in [6.07, 6.45) is 4.22. The number of hydrogen-bond acceptors (Lipinski definition) is 3. The summed E-state index contributed by atoms with van der Waals surface area (Å²) in [7, 11) is 0. The molecule has 0 aliphatic carbocycles. The fraction of sp³-hybridized carbons (Fsp3) is 0.389. The van der Waals surface area contributed by atoms with Crippen molar-refractivity contribution in [2.45, 2.75) is 39.2 Å². The Morgan fingerprint density at radius 2 is 2.29 bits per heavy atom. The maximum atomic E-state index is 13.1. The summed E-state index contributed by atoms with van der Waals surface area (Å²) in [5, 5.41) is 0. The first-order valence-electron chi connectivity index (χ1n) is 8.44. The number of benzene rings is 1. The Bertz CT molecular complexity index is 894. The Hall–Kier alpha value is -2.63. The number of amides is 1. The van der Waals surface area contributed by atoms with Gasteiger partial charge in [-0.05, 0) is 31.5 Å². The first-order valence-corrected chi connectivity index (χ1v) is 8.44. The number of carbonyl (C=O) groups excluding carboxylic acids is 1. The van der Waals surface area contributed by atoms with Crippen molar-refractivity contribution in [3.63, 3.8) is 0 Å². The van der Waals surface area contributed by atoms with Crippen LogP contribution in [0.2, 0.25) is 0 Å². The van der Waals surface area contributed by atoms with Gasteiger partial charge in [-0.15, -0.1) is 0 Å². The SMILES string of the molecule is CCC1Cc2[nH]c(C)nc2CCN1C(=O)c1ccc2nc[nH]c2c1. The Labute approximate surface area is 140 Å². The first-order chi connectivity index (χ1) is 11.7. The highest BCUT2D eigenvalue weighted by Gasteiger charge is 2.28. The smallest absolute Gasteiger partial charge is 0.254 e. The minimum Gasteiger partial charge on any atom is -0.346 e. The summed E-state index contributed by atoms with van der Waals surface area (Å²) in [6.45, 7) is 4.82. The Kier molecular flexibility index (Phi) is 3.59. The molecule has 1 atom stereocenters. The van der Waals surface area contributed by atoms with Crippen molar-refractivity contribution in [3.8, 4) is 0 Å². The number of rotatable bonds is 2. The molecule has 0 spiro atoms. The number of nitrogens with zero attached hydrogens (tertiary/aromatic N) is 3. The van der Waals surface area contributed by atoms with Gasteiger partial charge in [0.15, 0.2) is 0 Å². The largest absolute Gasteiger partial charge is 0.346 e. The van der Waals surface area contributed by atoms with Crippen LogP contribution in [0.1, 0.15) is 40.9 Å². The second kappa shape index (κ2) is 5.78. The van der Waals surface area contributed by atoms with Gasteiger partial charge in [-0.25, -0.2) is 9.97 Å². The van der Waals surface area contributed by atoms with Gasteiger partial charge in [0.2, 0.25) is 0 Å². The zero-order chi connectivity index (χ0) is 16.7. The minimum atomic E-state index is 0.0835. The first kappa shape index (κ1) is 14.9. The van der Waals surface area contributed by atoms with Crippen molar-refractivity contribution in [2.75, 3.05) is 6.54 Å². The topological polar surface area (TPSA) is 77.7 Å². The van der Waals surface area contributed by atoms with E-state index in [9.17, 15) is 4.79 Å². The highest BCUT2D eigenvalue weighted by Crippen LogP contribution is 2.23. The quantitative estimate of drug-likeness (QED) is 0.761. The van der Waals surface area contributed by atoms with Crippen LogP contribution in [0.3, 0.4) is 0 Å². The number of carbonyl (C=O) groups is 1. The van der Waals surface area contributed by atoms with Crippen LogP contribution in [0.25, 0.3) is 11.0 Å². The molecule has 3 aromatic rings. The fourth-order valence-corrected chi connectivity index (χ4v) is 3.59. The van der Waals surface area contributed by atoms with Crippen LogP contribution in [-0.2, 0) is 12.8 Å². The third-order valence-electron chi connectivity index (χ3n) is 4.85. The van der Waals surface area contributed by atoms with E-state index in [-0.39, 0.29) is 11.9 Å². The zero-order valence-electron chi connectivity index (χ0n) is 14.0. The lowest BCUT2D eigenvalue weighted by Gasteiger charge is -2.29. The molecule has 1 amide bonds. The van der Waals surface area contributed by atoms with Gasteiger partial charge in [0.05, 0.1) is 23.1 Å². The van der Waals surface area contributed by atoms with E-state index in [4.69, 9.17) is 0 Å². The monoisotopic (exact) mass is 323 g/mol. The molecule has 0 fully saturated rings. The van der Waals surface area contributed by atoms with Crippen molar-refractivity contribution in [1.29, 1.82) is 0 Å². The van der Waals surface area contributed by atoms with Crippen LogP contribution in [0.4, 0.5) is 0 Å². The molecule has 1 aromatic carbocycles. The summed E-state index contributed by atoms with van der Waals surface area (Å²) in [5.74, 6) is 1.04. The number of imidazole rings is 2. The van der Waals surface area contributed by atoms with Gasteiger partial charge in [0.1, 0.15) is 5.82 Å². The molecule has 0 saturated carbocycles. The van der Waals surface area contributed by atoms with Gasteiger partial charge < -0.3 is 14.9 Å². The highest BCUT2D eigenvalue weighted by molar-refractivity contribution is 5.97. The van der Waals surface area contributed by atoms with E-state index < -0.39 is 0 Å². The molecule has 1 aliphatic heterocycles. The summed E-state index contributed by atoms with van der Waals surface area (Å²) in [5.41, 5.74) is 4.76. The highest BCUT2D eigenvalue weighted by atomic mass is 16.2. The lowest BCUT2D eigenvalue weighted by molar-refractivity contribution is 0.0680. The fourth-order valence-electron chi connectivity index (χ4n) is 3.59. The van der Waals surface area contributed by atoms with Crippen LogP contribution in [0.5, 0.6) is 0 Å². The summed E-state index contributed by atoms with van der Waals surface area (Å²) < 4.78 is 0. The normalized spacial score (nSPS) is 17.8. The molecule has 0 saturated heterocycles. The van der Waals surface area contributed by atoms with Crippen LogP contribution in [-0.4, -0.2) is 43.3 Å². The second-order valence-electron chi connectivity index (χ2n) is 6.40. The van der Waals surface area contributed by atoms with E-state index in [2.05, 4.69) is 26.9 Å². The van der Waals surface area contributed by atoms with E-state index in [0.29, 0.717) is 12.1 Å². The molecular weight excluding hydrogens is 302 g/mol. The molecule has 6 nitrogen and oxygen atoms in total. The minimum absolute atomic E-state index is 0.0835. The van der Waals surface area contributed by atoms with Gasteiger partial charge in [-0.3, -0.25) is 4.79 Å². The van der Waals surface area contributed by atoms with E-state index in [1.807, 2.05) is 30.0 Å². The standard InChI is InChI=1S/C18H21N5O/c1-3-13-9-17-15(21-11(2)22-17)6-7-23(13)18(24)12-4-5-14-16(8-12)20-10-19-14/h4-5,8,10,13H,3,6-7,9H2,1-2H3,(H,19,20)(H,21,22). The number of fused-ring (bicyclic) bond motifs is 2. The maximum absolute atomic E-state index is 13.1. The maximum Gasteiger partial charge on any atom is 0.254 e. The molecule has 124 valence electrons. The van der Waals surface area contributed by atoms with Crippen LogP contribution in [0, 0.1) is 6.92 Å². The zero-order valence-corrected chi connectivity index (χ0v) is 14.0. The third kappa shape index (κ3) is 2.48. The number of aryl methyl sites for hydroxylation is 1. The molecular formula is C18H21N5O. The molecule has 0 radical (unpaired) electrons. The van der Waals surface area contributed by atoms with Gasteiger partial charge in [0.25, 0.3) is 5.91 Å². The molecule has 2 N–H and O–H groups in total. The van der Waals surface area contributed by atoms with Crippen LogP contribution in [0.15, 0.2) is 24.5 Å². The van der Waals surface area contributed by atoms with Gasteiger partial charge in [-0.2, -0.15) is 0 Å². The van der Waals surface area contributed by atoms with Crippen molar-refractivity contribution in [2.24, 2.45) is 0 Å². The lowest BCUT2D eigenvalue weighted by atomic mass is 10.1.